The van der Waals surface area contributed by atoms with E-state index in [2.05, 4.69) is 35.6 Å². The molecule has 1 aromatic carbocycles. The van der Waals surface area contributed by atoms with Crippen LogP contribution in [0.5, 0.6) is 0 Å². The summed E-state index contributed by atoms with van der Waals surface area (Å²) in [5.74, 6) is -0.617. The topological polar surface area (TPSA) is 120 Å². The summed E-state index contributed by atoms with van der Waals surface area (Å²) in [5, 5.41) is 5.90. The second-order valence-corrected chi connectivity index (χ2v) is 8.47. The number of halogens is 1. The Morgan fingerprint density at radius 1 is 1.17 bits per heavy atom. The molecule has 0 aliphatic carbocycles. The number of aromatic nitrogens is 6. The van der Waals surface area contributed by atoms with Crippen molar-refractivity contribution < 1.29 is 13.9 Å². The summed E-state index contributed by atoms with van der Waals surface area (Å²) < 4.78 is 21.7. The number of fused-ring (bicyclic) bond motifs is 1. The van der Waals surface area contributed by atoms with Gasteiger partial charge in [-0.05, 0) is 43.5 Å². The summed E-state index contributed by atoms with van der Waals surface area (Å²) in [6, 6.07) is 5.75. The molecule has 0 bridgehead atoms. The summed E-state index contributed by atoms with van der Waals surface area (Å²) in [6.45, 7) is 2.53. The second-order valence-electron chi connectivity index (χ2n) is 8.47. The van der Waals surface area contributed by atoms with Crippen LogP contribution < -0.4 is 10.6 Å². The van der Waals surface area contributed by atoms with Crippen LogP contribution in [0.1, 0.15) is 38.1 Å². The number of nitrogens with zero attached hydrogens (tertiary/aromatic N) is 6. The fraction of sp³-hybridized carbons (Fsp3) is 0.333. The molecular formula is C24H25FN8O2. The summed E-state index contributed by atoms with van der Waals surface area (Å²) in [7, 11) is 0. The van der Waals surface area contributed by atoms with Gasteiger partial charge in [0.25, 0.3) is 0 Å². The number of hydrogen-bond acceptors (Lipinski definition) is 8. The van der Waals surface area contributed by atoms with Crippen molar-refractivity contribution in [2.24, 2.45) is 5.92 Å². The number of anilines is 3. The molecule has 0 radical (unpaired) electrons. The monoisotopic (exact) mass is 476 g/mol. The van der Waals surface area contributed by atoms with Gasteiger partial charge in [-0.1, -0.05) is 6.92 Å². The number of ether oxygens (including phenoxy) is 1. The highest BCUT2D eigenvalue weighted by Crippen LogP contribution is 2.28. The van der Waals surface area contributed by atoms with Crippen molar-refractivity contribution in [2.75, 3.05) is 17.2 Å². The molecule has 1 aliphatic heterocycles. The Kier molecular flexibility index (Phi) is 6.57. The maximum atomic E-state index is 13.9. The SMILES string of the molecule is C[C@H](Cc1ncnc2c1ncn2C1CCCCO1)C(=O)Nc1ccc(F)cc1Nc1ccncn1. The number of nitrogens with one attached hydrogen (secondary N) is 2. The first-order valence-electron chi connectivity index (χ1n) is 11.5. The third-order valence-electron chi connectivity index (χ3n) is 5.93. The Bertz CT molecular complexity index is 1320. The van der Waals surface area contributed by atoms with Crippen molar-refractivity contribution in [3.8, 4) is 0 Å². The van der Waals surface area contributed by atoms with Crippen LogP contribution in [0.25, 0.3) is 11.2 Å². The molecule has 0 spiro atoms. The van der Waals surface area contributed by atoms with E-state index in [9.17, 15) is 9.18 Å². The lowest BCUT2D eigenvalue weighted by Crippen LogP contribution is -2.23. The zero-order valence-electron chi connectivity index (χ0n) is 19.2. The van der Waals surface area contributed by atoms with E-state index >= 15 is 0 Å². The van der Waals surface area contributed by atoms with Gasteiger partial charge in [-0.25, -0.2) is 29.3 Å². The van der Waals surface area contributed by atoms with Crippen molar-refractivity contribution in [3.05, 3.63) is 61.0 Å². The lowest BCUT2D eigenvalue weighted by atomic mass is 10.0. The molecule has 180 valence electrons. The summed E-state index contributed by atoms with van der Waals surface area (Å²) in [4.78, 5) is 34.3. The Balaban J connectivity index is 1.32. The third kappa shape index (κ3) is 5.09. The van der Waals surface area contributed by atoms with Gasteiger partial charge in [-0.15, -0.1) is 0 Å². The molecule has 1 amide bonds. The van der Waals surface area contributed by atoms with Gasteiger partial charge < -0.3 is 15.4 Å². The molecule has 2 N–H and O–H groups in total. The van der Waals surface area contributed by atoms with E-state index in [1.165, 1.54) is 30.9 Å². The molecular weight excluding hydrogens is 451 g/mol. The minimum atomic E-state index is -0.437. The maximum absolute atomic E-state index is 13.9. The molecule has 3 aromatic heterocycles. The number of carbonyl (C=O) groups excluding carboxylic acids is 1. The van der Waals surface area contributed by atoms with E-state index in [0.717, 1.165) is 25.9 Å². The lowest BCUT2D eigenvalue weighted by Gasteiger charge is -2.23. The maximum Gasteiger partial charge on any atom is 0.227 e. The Hall–Kier alpha value is -3.99. The van der Waals surface area contributed by atoms with Crippen LogP contribution in [0.4, 0.5) is 21.6 Å². The Morgan fingerprint density at radius 3 is 2.89 bits per heavy atom. The molecule has 1 aliphatic rings. The second kappa shape index (κ2) is 10.1. The smallest absolute Gasteiger partial charge is 0.227 e. The van der Waals surface area contributed by atoms with Gasteiger partial charge in [0.2, 0.25) is 5.91 Å². The van der Waals surface area contributed by atoms with E-state index in [-0.39, 0.29) is 12.1 Å². The standard InChI is InChI=1S/C24H25FN8O2/c1-15(10-19-22-23(29-13-27-19)33(14-30-22)21-4-2-3-9-35-21)24(34)32-17-6-5-16(25)11-18(17)31-20-7-8-26-12-28-20/h5-8,11-15,21H,2-4,9-10H2,1H3,(H,32,34)(H,26,28,31)/t15-,21?/m1/s1. The normalized spacial score (nSPS) is 16.7. The summed E-state index contributed by atoms with van der Waals surface area (Å²) in [5.41, 5.74) is 2.87. The molecule has 5 rings (SSSR count). The average molecular weight is 477 g/mol. The van der Waals surface area contributed by atoms with Gasteiger partial charge in [-0.3, -0.25) is 9.36 Å². The summed E-state index contributed by atoms with van der Waals surface area (Å²) >= 11 is 0. The number of benzene rings is 1. The molecule has 0 saturated carbocycles. The van der Waals surface area contributed by atoms with Gasteiger partial charge in [-0.2, -0.15) is 0 Å². The molecule has 1 fully saturated rings. The van der Waals surface area contributed by atoms with Crippen LogP contribution in [-0.2, 0) is 16.0 Å². The highest BCUT2D eigenvalue weighted by atomic mass is 19.1. The van der Waals surface area contributed by atoms with Gasteiger partial charge in [0.15, 0.2) is 5.65 Å². The van der Waals surface area contributed by atoms with E-state index < -0.39 is 11.7 Å². The number of carbonyl (C=O) groups is 1. The highest BCUT2D eigenvalue weighted by molar-refractivity contribution is 5.96. The van der Waals surface area contributed by atoms with E-state index in [1.54, 1.807) is 18.6 Å². The van der Waals surface area contributed by atoms with Crippen LogP contribution in [0, 0.1) is 11.7 Å². The molecule has 4 heterocycles. The summed E-state index contributed by atoms with van der Waals surface area (Å²) in [6.07, 6.45) is 9.51. The first-order valence-corrected chi connectivity index (χ1v) is 11.5. The van der Waals surface area contributed by atoms with Gasteiger partial charge in [0.1, 0.15) is 36.0 Å². The fourth-order valence-electron chi connectivity index (χ4n) is 4.07. The first-order chi connectivity index (χ1) is 17.1. The lowest BCUT2D eigenvalue weighted by molar-refractivity contribution is -0.119. The Labute approximate surface area is 201 Å². The minimum absolute atomic E-state index is 0.0866. The third-order valence-corrected chi connectivity index (χ3v) is 5.93. The van der Waals surface area contributed by atoms with Crippen molar-refractivity contribution in [1.82, 2.24) is 29.5 Å². The van der Waals surface area contributed by atoms with Crippen molar-refractivity contribution in [3.63, 3.8) is 0 Å². The van der Waals surface area contributed by atoms with Crippen molar-refractivity contribution >= 4 is 34.3 Å². The number of imidazole rings is 1. The average Bonchev–Trinajstić information content (AvgIpc) is 3.32. The molecule has 1 unspecified atom stereocenters. The molecule has 11 heteroatoms. The fourth-order valence-corrected chi connectivity index (χ4v) is 4.07. The number of amides is 1. The van der Waals surface area contributed by atoms with E-state index in [0.29, 0.717) is 40.5 Å². The van der Waals surface area contributed by atoms with Crippen LogP contribution in [0.3, 0.4) is 0 Å². The minimum Gasteiger partial charge on any atom is -0.358 e. The van der Waals surface area contributed by atoms with Gasteiger partial charge in [0.05, 0.1) is 23.4 Å². The Morgan fingerprint density at radius 2 is 2.09 bits per heavy atom. The van der Waals surface area contributed by atoms with E-state index in [1.807, 2.05) is 11.5 Å². The molecule has 1 saturated heterocycles. The predicted octanol–water partition coefficient (Wildman–Crippen LogP) is 4.02. The molecule has 35 heavy (non-hydrogen) atoms. The molecule has 4 aromatic rings. The van der Waals surface area contributed by atoms with Gasteiger partial charge >= 0.3 is 0 Å². The molecule has 2 atom stereocenters. The zero-order chi connectivity index (χ0) is 24.2. The van der Waals surface area contributed by atoms with Gasteiger partial charge in [0, 0.05) is 25.1 Å². The highest BCUT2D eigenvalue weighted by Gasteiger charge is 2.22. The largest absolute Gasteiger partial charge is 0.358 e. The van der Waals surface area contributed by atoms with Crippen molar-refractivity contribution in [1.29, 1.82) is 0 Å². The number of rotatable bonds is 7. The van der Waals surface area contributed by atoms with Crippen LogP contribution in [-0.4, -0.2) is 42.0 Å². The van der Waals surface area contributed by atoms with E-state index in [4.69, 9.17) is 4.74 Å². The number of hydrogen-bond donors (Lipinski definition) is 2. The van der Waals surface area contributed by atoms with Crippen LogP contribution >= 0.6 is 0 Å². The predicted molar refractivity (Wildman–Crippen MR) is 127 cm³/mol. The van der Waals surface area contributed by atoms with Crippen LogP contribution in [0.2, 0.25) is 0 Å². The van der Waals surface area contributed by atoms with Crippen molar-refractivity contribution in [2.45, 2.75) is 38.8 Å². The molecule has 10 nitrogen and oxygen atoms in total. The first kappa shape index (κ1) is 22.8. The zero-order valence-corrected chi connectivity index (χ0v) is 19.2. The van der Waals surface area contributed by atoms with Crippen LogP contribution in [0.15, 0.2) is 49.4 Å². The quantitative estimate of drug-likeness (QED) is 0.411.